The lowest BCUT2D eigenvalue weighted by Gasteiger charge is -2.37. The molecule has 0 saturated carbocycles. The van der Waals surface area contributed by atoms with E-state index in [1.807, 2.05) is 11.8 Å². The van der Waals surface area contributed by atoms with E-state index in [0.29, 0.717) is 44.4 Å². The molecule has 7 heteroatoms. The standard InChI is InChI=1S/C12H20N2O4S/c1-9-8-14(4-7-19-9)11(17)13-12(10(15)16)2-5-18-6-3-12/h9H,2-8H2,1H3,(H,13,17)(H,15,16). The number of nitrogens with one attached hydrogen (secondary N) is 1. The van der Waals surface area contributed by atoms with Gasteiger partial charge in [0, 0.05) is 50.1 Å². The van der Waals surface area contributed by atoms with Gasteiger partial charge in [-0.05, 0) is 0 Å². The van der Waals surface area contributed by atoms with Crippen LogP contribution in [0.25, 0.3) is 0 Å². The Bertz CT molecular complexity index is 358. The number of carbonyl (C=O) groups excluding carboxylic acids is 1. The maximum absolute atomic E-state index is 12.2. The zero-order valence-corrected chi connectivity index (χ0v) is 11.9. The number of hydrogen-bond donors (Lipinski definition) is 2. The first-order valence-corrected chi connectivity index (χ1v) is 7.58. The molecule has 0 bridgehead atoms. The topological polar surface area (TPSA) is 78.9 Å². The van der Waals surface area contributed by atoms with E-state index in [0.717, 1.165) is 5.75 Å². The summed E-state index contributed by atoms with van der Waals surface area (Å²) < 4.78 is 5.19. The molecule has 6 nitrogen and oxygen atoms in total. The number of aliphatic carboxylic acids is 1. The molecule has 1 atom stereocenters. The normalized spacial score (nSPS) is 26.8. The van der Waals surface area contributed by atoms with Gasteiger partial charge in [-0.25, -0.2) is 9.59 Å². The predicted molar refractivity (Wildman–Crippen MR) is 72.4 cm³/mol. The molecule has 19 heavy (non-hydrogen) atoms. The molecule has 2 N–H and O–H groups in total. The van der Waals surface area contributed by atoms with Gasteiger partial charge in [0.2, 0.25) is 0 Å². The van der Waals surface area contributed by atoms with E-state index >= 15 is 0 Å². The summed E-state index contributed by atoms with van der Waals surface area (Å²) in [4.78, 5) is 25.4. The van der Waals surface area contributed by atoms with Gasteiger partial charge >= 0.3 is 12.0 Å². The van der Waals surface area contributed by atoms with Crippen molar-refractivity contribution in [2.24, 2.45) is 0 Å². The van der Waals surface area contributed by atoms with Crippen LogP contribution in [0.3, 0.4) is 0 Å². The number of amides is 2. The highest BCUT2D eigenvalue weighted by molar-refractivity contribution is 7.99. The first kappa shape index (κ1) is 14.5. The largest absolute Gasteiger partial charge is 0.480 e. The van der Waals surface area contributed by atoms with E-state index in [1.165, 1.54) is 0 Å². The van der Waals surface area contributed by atoms with Crippen molar-refractivity contribution >= 4 is 23.8 Å². The monoisotopic (exact) mass is 288 g/mol. The summed E-state index contributed by atoms with van der Waals surface area (Å²) in [5, 5.41) is 12.5. The van der Waals surface area contributed by atoms with Crippen molar-refractivity contribution in [1.29, 1.82) is 0 Å². The average Bonchev–Trinajstić information content (AvgIpc) is 2.39. The minimum absolute atomic E-state index is 0.267. The van der Waals surface area contributed by atoms with Crippen LogP contribution in [0, 0.1) is 0 Å². The third-order valence-electron chi connectivity index (χ3n) is 3.63. The lowest BCUT2D eigenvalue weighted by molar-refractivity contribution is -0.148. The Kier molecular flexibility index (Phi) is 4.57. The molecule has 2 aliphatic heterocycles. The Morgan fingerprint density at radius 2 is 2.11 bits per heavy atom. The van der Waals surface area contributed by atoms with Gasteiger partial charge in [0.25, 0.3) is 0 Å². The predicted octanol–water partition coefficient (Wildman–Crippen LogP) is 0.767. The van der Waals surface area contributed by atoms with Crippen molar-refractivity contribution in [3.05, 3.63) is 0 Å². The summed E-state index contributed by atoms with van der Waals surface area (Å²) in [6.07, 6.45) is 0.651. The number of rotatable bonds is 2. The van der Waals surface area contributed by atoms with Crippen LogP contribution in [0.2, 0.25) is 0 Å². The molecule has 2 fully saturated rings. The highest BCUT2D eigenvalue weighted by Crippen LogP contribution is 2.23. The van der Waals surface area contributed by atoms with Crippen molar-refractivity contribution in [3.63, 3.8) is 0 Å². The smallest absolute Gasteiger partial charge is 0.329 e. The number of nitrogens with zero attached hydrogens (tertiary/aromatic N) is 1. The summed E-state index contributed by atoms with van der Waals surface area (Å²) in [6, 6.07) is -0.267. The summed E-state index contributed by atoms with van der Waals surface area (Å²) in [5.41, 5.74) is -1.16. The Balaban J connectivity index is 2.00. The van der Waals surface area contributed by atoms with E-state index in [1.54, 1.807) is 4.90 Å². The molecule has 1 unspecified atom stereocenters. The van der Waals surface area contributed by atoms with Crippen LogP contribution in [-0.4, -0.2) is 64.9 Å². The van der Waals surface area contributed by atoms with E-state index < -0.39 is 11.5 Å². The maximum atomic E-state index is 12.2. The summed E-state index contributed by atoms with van der Waals surface area (Å²) in [5.74, 6) is -0.0683. The van der Waals surface area contributed by atoms with E-state index in [9.17, 15) is 14.7 Å². The molecule has 2 rings (SSSR count). The molecule has 2 saturated heterocycles. The van der Waals surface area contributed by atoms with Crippen LogP contribution in [0.4, 0.5) is 4.79 Å². The van der Waals surface area contributed by atoms with Gasteiger partial charge in [-0.2, -0.15) is 11.8 Å². The van der Waals surface area contributed by atoms with Gasteiger partial charge in [-0.3, -0.25) is 0 Å². The third kappa shape index (κ3) is 3.33. The summed E-state index contributed by atoms with van der Waals surface area (Å²) in [7, 11) is 0. The molecular formula is C12H20N2O4S. The van der Waals surface area contributed by atoms with Crippen LogP contribution >= 0.6 is 11.8 Å². The van der Waals surface area contributed by atoms with Crippen molar-refractivity contribution in [3.8, 4) is 0 Å². The average molecular weight is 288 g/mol. The molecule has 0 spiro atoms. The van der Waals surface area contributed by atoms with E-state index in [4.69, 9.17) is 4.74 Å². The highest BCUT2D eigenvalue weighted by atomic mass is 32.2. The van der Waals surface area contributed by atoms with Crippen LogP contribution < -0.4 is 5.32 Å². The Hall–Kier alpha value is -0.950. The Morgan fingerprint density at radius 3 is 2.68 bits per heavy atom. The number of carbonyl (C=O) groups is 2. The van der Waals surface area contributed by atoms with Crippen LogP contribution in [0.1, 0.15) is 19.8 Å². The fourth-order valence-corrected chi connectivity index (χ4v) is 3.41. The molecule has 2 aliphatic rings. The number of ether oxygens (including phenoxy) is 1. The highest BCUT2D eigenvalue weighted by Gasteiger charge is 2.42. The Morgan fingerprint density at radius 1 is 1.42 bits per heavy atom. The fraction of sp³-hybridized carbons (Fsp3) is 0.833. The van der Waals surface area contributed by atoms with Crippen molar-refractivity contribution in [2.45, 2.75) is 30.6 Å². The second kappa shape index (κ2) is 6.00. The number of thioether (sulfide) groups is 1. The molecule has 0 radical (unpaired) electrons. The maximum Gasteiger partial charge on any atom is 0.329 e. The van der Waals surface area contributed by atoms with Crippen LogP contribution in [-0.2, 0) is 9.53 Å². The Labute approximate surface area is 116 Å². The number of carboxylic acid groups (broad SMARTS) is 1. The summed E-state index contributed by atoms with van der Waals surface area (Å²) >= 11 is 1.83. The minimum atomic E-state index is -1.16. The van der Waals surface area contributed by atoms with Crippen molar-refractivity contribution in [1.82, 2.24) is 10.2 Å². The SMILES string of the molecule is CC1CN(C(=O)NC2(C(=O)O)CCOCC2)CCS1. The first-order chi connectivity index (χ1) is 9.03. The van der Waals surface area contributed by atoms with Crippen LogP contribution in [0.15, 0.2) is 0 Å². The number of hydrogen-bond acceptors (Lipinski definition) is 4. The second-order valence-corrected chi connectivity index (χ2v) is 6.60. The first-order valence-electron chi connectivity index (χ1n) is 6.53. The zero-order valence-electron chi connectivity index (χ0n) is 11.1. The van der Waals surface area contributed by atoms with E-state index in [-0.39, 0.29) is 6.03 Å². The molecule has 2 amide bonds. The van der Waals surface area contributed by atoms with Gasteiger partial charge < -0.3 is 20.1 Å². The zero-order chi connectivity index (χ0) is 13.9. The lowest BCUT2D eigenvalue weighted by Crippen LogP contribution is -2.61. The van der Waals surface area contributed by atoms with Gasteiger partial charge in [0.05, 0.1) is 0 Å². The molecule has 108 valence electrons. The number of carboxylic acids is 1. The molecule has 0 aromatic rings. The lowest BCUT2D eigenvalue weighted by atomic mass is 9.90. The van der Waals surface area contributed by atoms with Gasteiger partial charge in [0.1, 0.15) is 5.54 Å². The fourth-order valence-electron chi connectivity index (χ4n) is 2.40. The minimum Gasteiger partial charge on any atom is -0.480 e. The van der Waals surface area contributed by atoms with Gasteiger partial charge in [-0.1, -0.05) is 6.92 Å². The van der Waals surface area contributed by atoms with Gasteiger partial charge in [-0.15, -0.1) is 0 Å². The molecule has 2 heterocycles. The summed E-state index contributed by atoms with van der Waals surface area (Å²) in [6.45, 7) is 4.17. The molecule has 0 aromatic heterocycles. The van der Waals surface area contributed by atoms with Crippen molar-refractivity contribution in [2.75, 3.05) is 32.1 Å². The van der Waals surface area contributed by atoms with Gasteiger partial charge in [0.15, 0.2) is 0 Å². The molecule has 0 aliphatic carbocycles. The number of urea groups is 1. The third-order valence-corrected chi connectivity index (χ3v) is 4.77. The molecule has 0 aromatic carbocycles. The molecular weight excluding hydrogens is 268 g/mol. The van der Waals surface area contributed by atoms with Crippen molar-refractivity contribution < 1.29 is 19.4 Å². The second-order valence-electron chi connectivity index (χ2n) is 5.06. The van der Waals surface area contributed by atoms with E-state index in [2.05, 4.69) is 12.2 Å². The quantitative estimate of drug-likeness (QED) is 0.784. The van der Waals surface area contributed by atoms with Crippen LogP contribution in [0.5, 0.6) is 0 Å².